The van der Waals surface area contributed by atoms with Crippen molar-refractivity contribution in [3.05, 3.63) is 35.9 Å². The predicted octanol–water partition coefficient (Wildman–Crippen LogP) is 2.82. The van der Waals surface area contributed by atoms with Crippen molar-refractivity contribution < 1.29 is 9.53 Å². The molecular weight excluding hydrogens is 216 g/mol. The lowest BCUT2D eigenvalue weighted by Crippen LogP contribution is -2.22. The van der Waals surface area contributed by atoms with Crippen molar-refractivity contribution in [2.75, 3.05) is 6.61 Å². The van der Waals surface area contributed by atoms with Gasteiger partial charge in [-0.25, -0.2) is 4.79 Å². The van der Waals surface area contributed by atoms with E-state index in [0.29, 0.717) is 12.5 Å². The smallest absolute Gasteiger partial charge is 0.431 e. The maximum absolute atomic E-state index is 11.6. The molecule has 1 aromatic carbocycles. The lowest BCUT2D eigenvalue weighted by atomic mass is 10.1. The summed E-state index contributed by atoms with van der Waals surface area (Å²) in [5.74, 6) is 0.305. The summed E-state index contributed by atoms with van der Waals surface area (Å²) in [6.45, 7) is 4.39. The third kappa shape index (κ3) is 2.64. The fraction of sp³-hybridized carbons (Fsp3) is 0.385. The molecule has 0 spiro atoms. The van der Waals surface area contributed by atoms with Gasteiger partial charge < -0.3 is 4.74 Å². The summed E-state index contributed by atoms with van der Waals surface area (Å²) >= 11 is 0. The van der Waals surface area contributed by atoms with E-state index in [0.717, 1.165) is 5.56 Å². The van der Waals surface area contributed by atoms with Crippen molar-refractivity contribution in [3.8, 4) is 0 Å². The number of hydrazone groups is 1. The first-order chi connectivity index (χ1) is 8.18. The van der Waals surface area contributed by atoms with E-state index in [1.54, 1.807) is 6.21 Å². The van der Waals surface area contributed by atoms with Crippen LogP contribution in [0.5, 0.6) is 0 Å². The van der Waals surface area contributed by atoms with E-state index < -0.39 is 0 Å². The van der Waals surface area contributed by atoms with Gasteiger partial charge >= 0.3 is 6.09 Å². The minimum atomic E-state index is -0.379. The molecule has 1 aromatic rings. The molecule has 1 amide bonds. The average Bonchev–Trinajstić information content (AvgIpc) is 2.69. The highest BCUT2D eigenvalue weighted by atomic mass is 16.6. The largest absolute Gasteiger partial charge is 0.445 e. The molecule has 0 radical (unpaired) electrons. The van der Waals surface area contributed by atoms with Gasteiger partial charge in [0.2, 0.25) is 0 Å². The fourth-order valence-corrected chi connectivity index (χ4v) is 1.66. The molecule has 0 aliphatic carbocycles. The number of benzene rings is 1. The summed E-state index contributed by atoms with van der Waals surface area (Å²) < 4.78 is 5.04. The molecule has 1 aliphatic heterocycles. The maximum Gasteiger partial charge on any atom is 0.431 e. The minimum Gasteiger partial charge on any atom is -0.445 e. The molecule has 0 bridgehead atoms. The van der Waals surface area contributed by atoms with E-state index in [1.165, 1.54) is 5.01 Å². The number of amides is 1. The van der Waals surface area contributed by atoms with Crippen LogP contribution in [0.4, 0.5) is 4.79 Å². The van der Waals surface area contributed by atoms with E-state index in [2.05, 4.69) is 5.10 Å². The molecule has 1 heterocycles. The van der Waals surface area contributed by atoms with Crippen LogP contribution in [0, 0.1) is 5.92 Å². The molecule has 0 unspecified atom stereocenters. The lowest BCUT2D eigenvalue weighted by Gasteiger charge is -2.16. The summed E-state index contributed by atoms with van der Waals surface area (Å²) in [6.07, 6.45) is 1.37. The van der Waals surface area contributed by atoms with Crippen LogP contribution in [0.3, 0.4) is 0 Å². The standard InChI is InChI=1S/C13H16N2O2/c1-10(2)8-14-15-12(9-17-13(15)16)11-6-4-3-5-7-11/h3-8,10,12H,9H2,1-2H3/b14-8+/t12-/m1/s1. The van der Waals surface area contributed by atoms with Crippen LogP contribution in [-0.4, -0.2) is 23.9 Å². The summed E-state index contributed by atoms with van der Waals surface area (Å²) in [5.41, 5.74) is 1.04. The number of cyclic esters (lactones) is 1. The lowest BCUT2D eigenvalue weighted by molar-refractivity contribution is 0.159. The Bertz CT molecular complexity index is 415. The molecule has 2 rings (SSSR count). The highest BCUT2D eigenvalue weighted by Gasteiger charge is 2.33. The minimum absolute atomic E-state index is 0.112. The number of rotatable bonds is 3. The Morgan fingerprint density at radius 1 is 1.41 bits per heavy atom. The van der Waals surface area contributed by atoms with Gasteiger partial charge in [-0.2, -0.15) is 10.1 Å². The van der Waals surface area contributed by atoms with E-state index in [-0.39, 0.29) is 12.1 Å². The number of ether oxygens (including phenoxy) is 1. The van der Waals surface area contributed by atoms with Gasteiger partial charge in [0.1, 0.15) is 12.6 Å². The number of hydrogen-bond donors (Lipinski definition) is 0. The number of carbonyl (C=O) groups excluding carboxylic acids is 1. The molecule has 1 aliphatic rings. The summed E-state index contributed by atoms with van der Waals surface area (Å²) in [4.78, 5) is 11.6. The van der Waals surface area contributed by atoms with Crippen LogP contribution < -0.4 is 0 Å². The molecule has 1 saturated heterocycles. The Morgan fingerprint density at radius 2 is 2.12 bits per heavy atom. The third-order valence-corrected chi connectivity index (χ3v) is 2.52. The van der Waals surface area contributed by atoms with Gasteiger partial charge in [0.05, 0.1) is 0 Å². The average molecular weight is 232 g/mol. The Hall–Kier alpha value is -1.84. The molecule has 90 valence electrons. The zero-order valence-electron chi connectivity index (χ0n) is 10.0. The number of hydrogen-bond acceptors (Lipinski definition) is 3. The fourth-order valence-electron chi connectivity index (χ4n) is 1.66. The second kappa shape index (κ2) is 4.99. The first kappa shape index (κ1) is 11.6. The SMILES string of the molecule is CC(C)/C=N/N1C(=O)OC[C@@H]1c1ccccc1. The Labute approximate surface area is 101 Å². The second-order valence-corrected chi connectivity index (χ2v) is 4.36. The van der Waals surface area contributed by atoms with Crippen LogP contribution >= 0.6 is 0 Å². The van der Waals surface area contributed by atoms with E-state index in [9.17, 15) is 4.79 Å². The molecule has 0 aromatic heterocycles. The molecule has 4 nitrogen and oxygen atoms in total. The van der Waals surface area contributed by atoms with Gasteiger partial charge in [-0.15, -0.1) is 0 Å². The van der Waals surface area contributed by atoms with Crippen LogP contribution in [-0.2, 0) is 4.74 Å². The van der Waals surface area contributed by atoms with Gasteiger partial charge in [0, 0.05) is 6.21 Å². The van der Waals surface area contributed by atoms with Crippen molar-refractivity contribution in [2.45, 2.75) is 19.9 Å². The number of nitrogens with zero attached hydrogens (tertiary/aromatic N) is 2. The molecule has 0 saturated carbocycles. The van der Waals surface area contributed by atoms with Crippen LogP contribution in [0.2, 0.25) is 0 Å². The first-order valence-electron chi connectivity index (χ1n) is 5.73. The Morgan fingerprint density at radius 3 is 2.76 bits per heavy atom. The topological polar surface area (TPSA) is 41.9 Å². The molecular formula is C13H16N2O2. The third-order valence-electron chi connectivity index (χ3n) is 2.52. The highest BCUT2D eigenvalue weighted by Crippen LogP contribution is 2.27. The maximum atomic E-state index is 11.6. The van der Waals surface area contributed by atoms with E-state index in [1.807, 2.05) is 44.2 Å². The molecule has 17 heavy (non-hydrogen) atoms. The Kier molecular flexibility index (Phi) is 3.42. The van der Waals surface area contributed by atoms with Crippen LogP contribution in [0.1, 0.15) is 25.5 Å². The normalized spacial score (nSPS) is 20.3. The molecule has 1 fully saturated rings. The zero-order chi connectivity index (χ0) is 12.3. The van der Waals surface area contributed by atoms with Crippen molar-refractivity contribution in [1.82, 2.24) is 5.01 Å². The second-order valence-electron chi connectivity index (χ2n) is 4.36. The summed E-state index contributed by atoms with van der Waals surface area (Å²) in [5, 5.41) is 5.61. The molecule has 1 atom stereocenters. The Balaban J connectivity index is 2.20. The van der Waals surface area contributed by atoms with E-state index in [4.69, 9.17) is 4.74 Å². The van der Waals surface area contributed by atoms with Gasteiger partial charge in [0.25, 0.3) is 0 Å². The summed E-state index contributed by atoms with van der Waals surface area (Å²) in [6, 6.07) is 9.68. The van der Waals surface area contributed by atoms with Crippen molar-refractivity contribution >= 4 is 12.3 Å². The molecule has 0 N–H and O–H groups in total. The monoisotopic (exact) mass is 232 g/mol. The van der Waals surface area contributed by atoms with Gasteiger partial charge in [-0.1, -0.05) is 44.2 Å². The number of carbonyl (C=O) groups is 1. The van der Waals surface area contributed by atoms with Crippen LogP contribution in [0.25, 0.3) is 0 Å². The van der Waals surface area contributed by atoms with Crippen molar-refractivity contribution in [3.63, 3.8) is 0 Å². The van der Waals surface area contributed by atoms with Crippen molar-refractivity contribution in [2.24, 2.45) is 11.0 Å². The summed E-state index contributed by atoms with van der Waals surface area (Å²) in [7, 11) is 0. The van der Waals surface area contributed by atoms with Gasteiger partial charge in [-0.3, -0.25) is 0 Å². The quantitative estimate of drug-likeness (QED) is 0.752. The van der Waals surface area contributed by atoms with Gasteiger partial charge in [0.15, 0.2) is 0 Å². The van der Waals surface area contributed by atoms with Crippen LogP contribution in [0.15, 0.2) is 35.4 Å². The first-order valence-corrected chi connectivity index (χ1v) is 5.73. The van der Waals surface area contributed by atoms with Gasteiger partial charge in [-0.05, 0) is 11.5 Å². The molecule has 4 heteroatoms. The van der Waals surface area contributed by atoms with E-state index >= 15 is 0 Å². The van der Waals surface area contributed by atoms with Crippen molar-refractivity contribution in [1.29, 1.82) is 0 Å². The zero-order valence-corrected chi connectivity index (χ0v) is 10.0. The highest BCUT2D eigenvalue weighted by molar-refractivity contribution is 5.72. The predicted molar refractivity (Wildman–Crippen MR) is 65.7 cm³/mol.